The average molecular weight is 258 g/mol. The van der Waals surface area contributed by atoms with Crippen molar-refractivity contribution in [2.45, 2.75) is 52.1 Å². The maximum absolute atomic E-state index is 3.50. The number of hydrogen-bond donors (Lipinski definition) is 1. The van der Waals surface area contributed by atoms with Gasteiger partial charge in [-0.15, -0.1) is 0 Å². The van der Waals surface area contributed by atoms with Gasteiger partial charge in [-0.1, -0.05) is 26.0 Å². The quantitative estimate of drug-likeness (QED) is 0.890. The van der Waals surface area contributed by atoms with Crippen molar-refractivity contribution in [3.05, 3.63) is 29.3 Å². The molecule has 0 spiro atoms. The van der Waals surface area contributed by atoms with Crippen molar-refractivity contribution in [1.29, 1.82) is 0 Å². The Morgan fingerprint density at radius 3 is 3.05 bits per heavy atom. The zero-order valence-electron chi connectivity index (χ0n) is 12.3. The van der Waals surface area contributed by atoms with Gasteiger partial charge in [-0.3, -0.25) is 4.90 Å². The van der Waals surface area contributed by atoms with Gasteiger partial charge in [0.15, 0.2) is 0 Å². The van der Waals surface area contributed by atoms with Gasteiger partial charge < -0.3 is 5.32 Å². The van der Waals surface area contributed by atoms with Gasteiger partial charge in [-0.25, -0.2) is 0 Å². The summed E-state index contributed by atoms with van der Waals surface area (Å²) >= 11 is 0. The molecule has 1 fully saturated rings. The van der Waals surface area contributed by atoms with E-state index in [1.807, 2.05) is 0 Å². The minimum Gasteiger partial charge on any atom is -0.385 e. The molecule has 3 rings (SSSR count). The highest BCUT2D eigenvalue weighted by atomic mass is 15.2. The van der Waals surface area contributed by atoms with Crippen molar-refractivity contribution in [2.24, 2.45) is 5.92 Å². The lowest BCUT2D eigenvalue weighted by atomic mass is 9.99. The number of rotatable bonds is 3. The average Bonchev–Trinajstić information content (AvgIpc) is 2.87. The molecule has 2 heterocycles. The molecule has 2 aliphatic heterocycles. The van der Waals surface area contributed by atoms with Crippen LogP contribution < -0.4 is 5.32 Å². The van der Waals surface area contributed by atoms with Crippen LogP contribution in [0.3, 0.4) is 0 Å². The zero-order chi connectivity index (χ0) is 13.2. The smallest absolute Gasteiger partial charge is 0.0372 e. The summed E-state index contributed by atoms with van der Waals surface area (Å²) in [6.45, 7) is 8.27. The standard InChI is InChI=1S/C17H26N2/c1-13(2)17-6-4-10-19(17)12-14-7-8-16-15(11-14)5-3-9-18-16/h7-8,11,13,17-18H,3-6,9-10,12H2,1-2H3. The third-order valence-corrected chi connectivity index (χ3v) is 4.68. The summed E-state index contributed by atoms with van der Waals surface area (Å²) < 4.78 is 0. The van der Waals surface area contributed by atoms with Crippen LogP contribution in [0.4, 0.5) is 5.69 Å². The van der Waals surface area contributed by atoms with Crippen molar-refractivity contribution in [3.63, 3.8) is 0 Å². The molecule has 1 unspecified atom stereocenters. The second-order valence-electron chi connectivity index (χ2n) is 6.45. The van der Waals surface area contributed by atoms with Crippen molar-refractivity contribution >= 4 is 5.69 Å². The molecule has 0 bridgehead atoms. The Labute approximate surface area is 117 Å². The minimum atomic E-state index is 0.779. The summed E-state index contributed by atoms with van der Waals surface area (Å²) in [6, 6.07) is 7.81. The van der Waals surface area contributed by atoms with E-state index in [2.05, 4.69) is 42.3 Å². The van der Waals surface area contributed by atoms with E-state index in [0.717, 1.165) is 25.0 Å². The fourth-order valence-electron chi connectivity index (χ4n) is 3.66. The molecular weight excluding hydrogens is 232 g/mol. The first-order valence-corrected chi connectivity index (χ1v) is 7.84. The van der Waals surface area contributed by atoms with Crippen LogP contribution in [0.25, 0.3) is 0 Å². The number of benzene rings is 1. The van der Waals surface area contributed by atoms with E-state index in [4.69, 9.17) is 0 Å². The van der Waals surface area contributed by atoms with Crippen molar-refractivity contribution in [1.82, 2.24) is 4.90 Å². The Hall–Kier alpha value is -1.02. The lowest BCUT2D eigenvalue weighted by molar-refractivity contribution is 0.199. The van der Waals surface area contributed by atoms with Gasteiger partial charge in [-0.2, -0.15) is 0 Å². The summed E-state index contributed by atoms with van der Waals surface area (Å²) in [6.07, 6.45) is 5.26. The molecule has 2 nitrogen and oxygen atoms in total. The van der Waals surface area contributed by atoms with E-state index in [9.17, 15) is 0 Å². The van der Waals surface area contributed by atoms with Crippen molar-refractivity contribution < 1.29 is 0 Å². The SMILES string of the molecule is CC(C)C1CCCN1Cc1ccc2c(c1)CCCN2. The van der Waals surface area contributed by atoms with E-state index >= 15 is 0 Å². The maximum atomic E-state index is 3.50. The fraction of sp³-hybridized carbons (Fsp3) is 0.647. The monoisotopic (exact) mass is 258 g/mol. The molecule has 0 radical (unpaired) electrons. The van der Waals surface area contributed by atoms with Gasteiger partial charge >= 0.3 is 0 Å². The molecule has 2 heteroatoms. The van der Waals surface area contributed by atoms with Gasteiger partial charge in [0.05, 0.1) is 0 Å². The van der Waals surface area contributed by atoms with E-state index in [1.165, 1.54) is 49.0 Å². The third kappa shape index (κ3) is 2.79. The summed E-state index contributed by atoms with van der Waals surface area (Å²) in [5, 5.41) is 3.50. The highest BCUT2D eigenvalue weighted by molar-refractivity contribution is 5.54. The summed E-state index contributed by atoms with van der Waals surface area (Å²) in [5.41, 5.74) is 4.37. The first kappa shape index (κ1) is 13.0. The van der Waals surface area contributed by atoms with Crippen LogP contribution in [-0.2, 0) is 13.0 Å². The summed E-state index contributed by atoms with van der Waals surface area (Å²) in [4.78, 5) is 2.68. The van der Waals surface area contributed by atoms with E-state index in [-0.39, 0.29) is 0 Å². The van der Waals surface area contributed by atoms with Crippen LogP contribution in [-0.4, -0.2) is 24.0 Å². The summed E-state index contributed by atoms with van der Waals surface area (Å²) in [7, 11) is 0. The molecule has 0 saturated carbocycles. The second kappa shape index (κ2) is 5.54. The van der Waals surface area contributed by atoms with Crippen LogP contribution in [0.5, 0.6) is 0 Å². The van der Waals surface area contributed by atoms with Gasteiger partial charge in [-0.05, 0) is 55.3 Å². The number of likely N-dealkylation sites (tertiary alicyclic amines) is 1. The molecule has 0 aromatic heterocycles. The van der Waals surface area contributed by atoms with Gasteiger partial charge in [0.2, 0.25) is 0 Å². The molecule has 1 aromatic rings. The van der Waals surface area contributed by atoms with Crippen molar-refractivity contribution in [3.8, 4) is 0 Å². The highest BCUT2D eigenvalue weighted by Crippen LogP contribution is 2.28. The summed E-state index contributed by atoms with van der Waals surface area (Å²) in [5.74, 6) is 0.779. The fourth-order valence-corrected chi connectivity index (χ4v) is 3.66. The topological polar surface area (TPSA) is 15.3 Å². The zero-order valence-corrected chi connectivity index (χ0v) is 12.3. The van der Waals surface area contributed by atoms with Crippen LogP contribution in [0.1, 0.15) is 44.2 Å². The van der Waals surface area contributed by atoms with E-state index in [0.29, 0.717) is 0 Å². The Morgan fingerprint density at radius 1 is 1.32 bits per heavy atom. The van der Waals surface area contributed by atoms with E-state index in [1.54, 1.807) is 0 Å². The molecule has 1 atom stereocenters. The molecule has 1 N–H and O–H groups in total. The lowest BCUT2D eigenvalue weighted by Gasteiger charge is -2.28. The molecule has 0 aliphatic carbocycles. The number of hydrogen-bond acceptors (Lipinski definition) is 2. The van der Waals surface area contributed by atoms with Crippen LogP contribution >= 0.6 is 0 Å². The van der Waals surface area contributed by atoms with Crippen LogP contribution in [0, 0.1) is 5.92 Å². The highest BCUT2D eigenvalue weighted by Gasteiger charge is 2.26. The normalized spacial score (nSPS) is 23.4. The van der Waals surface area contributed by atoms with Crippen LogP contribution in [0.2, 0.25) is 0 Å². The predicted octanol–water partition coefficient (Wildman–Crippen LogP) is 3.67. The van der Waals surface area contributed by atoms with E-state index < -0.39 is 0 Å². The largest absolute Gasteiger partial charge is 0.385 e. The predicted molar refractivity (Wildman–Crippen MR) is 81.5 cm³/mol. The number of anilines is 1. The van der Waals surface area contributed by atoms with Gasteiger partial charge in [0, 0.05) is 24.8 Å². The molecule has 2 aliphatic rings. The molecule has 104 valence electrons. The van der Waals surface area contributed by atoms with Crippen molar-refractivity contribution in [2.75, 3.05) is 18.4 Å². The number of aryl methyl sites for hydroxylation is 1. The first-order valence-electron chi connectivity index (χ1n) is 7.84. The molecule has 0 amide bonds. The molecule has 1 aromatic carbocycles. The molecule has 19 heavy (non-hydrogen) atoms. The Bertz CT molecular complexity index is 439. The first-order chi connectivity index (χ1) is 9.24. The Kier molecular flexibility index (Phi) is 3.79. The number of nitrogens with zero attached hydrogens (tertiary/aromatic N) is 1. The maximum Gasteiger partial charge on any atom is 0.0372 e. The third-order valence-electron chi connectivity index (χ3n) is 4.68. The van der Waals surface area contributed by atoms with Gasteiger partial charge in [0.1, 0.15) is 0 Å². The second-order valence-corrected chi connectivity index (χ2v) is 6.45. The van der Waals surface area contributed by atoms with Crippen LogP contribution in [0.15, 0.2) is 18.2 Å². The number of nitrogens with one attached hydrogen (secondary N) is 1. The van der Waals surface area contributed by atoms with Gasteiger partial charge in [0.25, 0.3) is 0 Å². The minimum absolute atomic E-state index is 0.779. The Balaban J connectivity index is 1.72. The Morgan fingerprint density at radius 2 is 2.21 bits per heavy atom. The number of fused-ring (bicyclic) bond motifs is 1. The molecule has 1 saturated heterocycles. The molecular formula is C17H26N2. The lowest BCUT2D eigenvalue weighted by Crippen LogP contribution is -2.32.